The van der Waals surface area contributed by atoms with E-state index in [2.05, 4.69) is 23.9 Å². The average Bonchev–Trinajstić information content (AvgIpc) is 2.89. The Balaban J connectivity index is 1.89. The predicted octanol–water partition coefficient (Wildman–Crippen LogP) is 1.29. The molecule has 0 spiro atoms. The van der Waals surface area contributed by atoms with Crippen molar-refractivity contribution in [2.45, 2.75) is 39.7 Å². The number of carbonyl (C=O) groups excluding carboxylic acids is 1. The maximum atomic E-state index is 11.3. The lowest BCUT2D eigenvalue weighted by Crippen LogP contribution is -2.37. The average molecular weight is 266 g/mol. The van der Waals surface area contributed by atoms with Crippen molar-refractivity contribution >= 4 is 5.91 Å². The van der Waals surface area contributed by atoms with Crippen molar-refractivity contribution < 1.29 is 9.32 Å². The van der Waals surface area contributed by atoms with Crippen LogP contribution in [-0.2, 0) is 6.54 Å². The van der Waals surface area contributed by atoms with Gasteiger partial charge in [0.2, 0.25) is 0 Å². The fraction of sp³-hybridized carbons (Fsp3) is 0.692. The molecule has 1 aromatic rings. The summed E-state index contributed by atoms with van der Waals surface area (Å²) in [5.41, 5.74) is 2.75. The zero-order valence-electron chi connectivity index (χ0n) is 11.6. The second-order valence-electron chi connectivity index (χ2n) is 5.59. The third kappa shape index (κ3) is 3.33. The lowest BCUT2D eigenvalue weighted by molar-refractivity contribution is 0.0942. The molecule has 0 bridgehead atoms. The Hall–Kier alpha value is -1.40. The summed E-state index contributed by atoms with van der Waals surface area (Å²) in [7, 11) is 0. The SMILES string of the molecule is CCC1(C)CCN(Cc2cc(C(=O)NN)no2)CC1. The summed E-state index contributed by atoms with van der Waals surface area (Å²) in [5, 5.41) is 3.70. The smallest absolute Gasteiger partial charge is 0.287 e. The van der Waals surface area contributed by atoms with E-state index in [0.717, 1.165) is 13.1 Å². The minimum Gasteiger partial charge on any atom is -0.359 e. The van der Waals surface area contributed by atoms with E-state index in [0.29, 0.717) is 17.7 Å². The van der Waals surface area contributed by atoms with Crippen LogP contribution in [0.4, 0.5) is 0 Å². The van der Waals surface area contributed by atoms with Crippen LogP contribution in [0.15, 0.2) is 10.6 Å². The minimum atomic E-state index is -0.424. The van der Waals surface area contributed by atoms with Crippen LogP contribution >= 0.6 is 0 Å². The zero-order chi connectivity index (χ0) is 13.9. The van der Waals surface area contributed by atoms with Crippen molar-refractivity contribution in [2.75, 3.05) is 13.1 Å². The highest BCUT2D eigenvalue weighted by Crippen LogP contribution is 2.34. The van der Waals surface area contributed by atoms with Crippen LogP contribution < -0.4 is 11.3 Å². The monoisotopic (exact) mass is 266 g/mol. The summed E-state index contributed by atoms with van der Waals surface area (Å²) in [6, 6.07) is 1.65. The maximum absolute atomic E-state index is 11.3. The normalized spacial score (nSPS) is 19.3. The van der Waals surface area contributed by atoms with E-state index in [4.69, 9.17) is 10.4 Å². The summed E-state index contributed by atoms with van der Waals surface area (Å²) in [5.74, 6) is 5.33. The van der Waals surface area contributed by atoms with Crippen molar-refractivity contribution in [3.8, 4) is 0 Å². The highest BCUT2D eigenvalue weighted by atomic mass is 16.5. The summed E-state index contributed by atoms with van der Waals surface area (Å²) in [6.07, 6.45) is 3.63. The first-order valence-electron chi connectivity index (χ1n) is 6.75. The number of nitrogens with one attached hydrogen (secondary N) is 1. The summed E-state index contributed by atoms with van der Waals surface area (Å²) >= 11 is 0. The molecule has 19 heavy (non-hydrogen) atoms. The Morgan fingerprint density at radius 3 is 2.84 bits per heavy atom. The Morgan fingerprint density at radius 1 is 1.58 bits per heavy atom. The van der Waals surface area contributed by atoms with E-state index >= 15 is 0 Å². The predicted molar refractivity (Wildman–Crippen MR) is 71.1 cm³/mol. The van der Waals surface area contributed by atoms with Crippen LogP contribution in [0.25, 0.3) is 0 Å². The van der Waals surface area contributed by atoms with Gasteiger partial charge in [-0.25, -0.2) is 5.84 Å². The van der Waals surface area contributed by atoms with Gasteiger partial charge in [0.1, 0.15) is 0 Å². The number of hydrogen-bond donors (Lipinski definition) is 2. The first-order valence-corrected chi connectivity index (χ1v) is 6.75. The van der Waals surface area contributed by atoms with E-state index in [-0.39, 0.29) is 5.69 Å². The molecular weight excluding hydrogens is 244 g/mol. The molecule has 0 saturated carbocycles. The van der Waals surface area contributed by atoms with Gasteiger partial charge in [-0.1, -0.05) is 25.4 Å². The molecule has 6 nitrogen and oxygen atoms in total. The van der Waals surface area contributed by atoms with E-state index in [9.17, 15) is 4.79 Å². The Morgan fingerprint density at radius 2 is 2.26 bits per heavy atom. The molecule has 0 aromatic carbocycles. The molecule has 1 fully saturated rings. The van der Waals surface area contributed by atoms with Crippen molar-refractivity contribution in [1.29, 1.82) is 0 Å². The number of hydrogen-bond acceptors (Lipinski definition) is 5. The number of piperidine rings is 1. The highest BCUT2D eigenvalue weighted by molar-refractivity contribution is 5.91. The molecule has 106 valence electrons. The molecule has 1 aliphatic rings. The van der Waals surface area contributed by atoms with Crippen molar-refractivity contribution in [1.82, 2.24) is 15.5 Å². The van der Waals surface area contributed by atoms with Crippen LogP contribution in [0.1, 0.15) is 49.4 Å². The topological polar surface area (TPSA) is 84.4 Å². The number of carbonyl (C=O) groups is 1. The Labute approximate surface area is 113 Å². The standard InChI is InChI=1S/C13H22N4O2/c1-3-13(2)4-6-17(7-5-13)9-10-8-11(16-19-10)12(18)15-14/h8H,3-7,9,14H2,1-2H3,(H,15,18). The van der Waals surface area contributed by atoms with Crippen molar-refractivity contribution in [3.05, 3.63) is 17.5 Å². The molecule has 6 heteroatoms. The maximum Gasteiger partial charge on any atom is 0.287 e. The molecule has 0 aliphatic carbocycles. The lowest BCUT2D eigenvalue weighted by Gasteiger charge is -2.38. The number of rotatable bonds is 4. The van der Waals surface area contributed by atoms with Gasteiger partial charge in [0.05, 0.1) is 6.54 Å². The lowest BCUT2D eigenvalue weighted by atomic mass is 9.78. The molecule has 0 radical (unpaired) electrons. The minimum absolute atomic E-state index is 0.230. The Kier molecular flexibility index (Phi) is 4.21. The van der Waals surface area contributed by atoms with Crippen LogP contribution in [0.5, 0.6) is 0 Å². The molecule has 0 atom stereocenters. The van der Waals surface area contributed by atoms with Crippen LogP contribution in [0, 0.1) is 5.41 Å². The highest BCUT2D eigenvalue weighted by Gasteiger charge is 2.28. The third-order valence-electron chi connectivity index (χ3n) is 4.22. The van der Waals surface area contributed by atoms with E-state index in [1.54, 1.807) is 6.07 Å². The second-order valence-corrected chi connectivity index (χ2v) is 5.59. The first-order chi connectivity index (χ1) is 9.06. The first kappa shape index (κ1) is 14.0. The van der Waals surface area contributed by atoms with Gasteiger partial charge in [-0.15, -0.1) is 0 Å². The summed E-state index contributed by atoms with van der Waals surface area (Å²) < 4.78 is 5.16. The zero-order valence-corrected chi connectivity index (χ0v) is 11.6. The summed E-state index contributed by atoms with van der Waals surface area (Å²) in [4.78, 5) is 13.6. The van der Waals surface area contributed by atoms with Crippen LogP contribution in [0.2, 0.25) is 0 Å². The Bertz CT molecular complexity index is 436. The molecule has 3 N–H and O–H groups in total. The van der Waals surface area contributed by atoms with Crippen molar-refractivity contribution in [2.24, 2.45) is 11.3 Å². The number of nitrogens with two attached hydrogens (primary N) is 1. The van der Waals surface area contributed by atoms with Gasteiger partial charge in [-0.3, -0.25) is 15.1 Å². The molecule has 2 heterocycles. The van der Waals surface area contributed by atoms with Gasteiger partial charge < -0.3 is 4.52 Å². The molecule has 1 saturated heterocycles. The fourth-order valence-corrected chi connectivity index (χ4v) is 2.39. The number of amides is 1. The number of nitrogens with zero attached hydrogens (tertiary/aromatic N) is 2. The van der Waals surface area contributed by atoms with Crippen molar-refractivity contribution in [3.63, 3.8) is 0 Å². The van der Waals surface area contributed by atoms with Crippen LogP contribution in [0.3, 0.4) is 0 Å². The summed E-state index contributed by atoms with van der Waals surface area (Å²) in [6.45, 7) is 7.42. The quantitative estimate of drug-likeness (QED) is 0.487. The van der Waals surface area contributed by atoms with Gasteiger partial charge >= 0.3 is 0 Å². The van der Waals surface area contributed by atoms with Crippen LogP contribution in [-0.4, -0.2) is 29.1 Å². The van der Waals surface area contributed by atoms with Gasteiger partial charge in [0.25, 0.3) is 5.91 Å². The fourth-order valence-electron chi connectivity index (χ4n) is 2.39. The molecule has 2 rings (SSSR count). The number of hydrazine groups is 1. The second kappa shape index (κ2) is 5.71. The van der Waals surface area contributed by atoms with Gasteiger partial charge in [-0.05, 0) is 31.3 Å². The molecule has 1 amide bonds. The van der Waals surface area contributed by atoms with Gasteiger partial charge in [0, 0.05) is 6.07 Å². The molecule has 1 aromatic heterocycles. The van der Waals surface area contributed by atoms with E-state index in [1.807, 2.05) is 5.43 Å². The molecule has 1 aliphatic heterocycles. The third-order valence-corrected chi connectivity index (χ3v) is 4.22. The van der Waals surface area contributed by atoms with E-state index in [1.165, 1.54) is 19.3 Å². The number of aromatic nitrogens is 1. The molecular formula is C13H22N4O2. The van der Waals surface area contributed by atoms with E-state index < -0.39 is 5.91 Å². The largest absolute Gasteiger partial charge is 0.359 e. The molecule has 0 unspecified atom stereocenters. The number of likely N-dealkylation sites (tertiary alicyclic amines) is 1. The van der Waals surface area contributed by atoms with Gasteiger partial charge in [-0.2, -0.15) is 0 Å². The number of nitrogen functional groups attached to an aromatic ring is 1. The van der Waals surface area contributed by atoms with Gasteiger partial charge in [0.15, 0.2) is 11.5 Å².